The van der Waals surface area contributed by atoms with Gasteiger partial charge in [-0.3, -0.25) is 4.90 Å². The largest absolute Gasteiger partial charge is 0.353 e. The van der Waals surface area contributed by atoms with Crippen molar-refractivity contribution in [3.8, 4) is 0 Å². The number of hydrogen-bond donors (Lipinski definition) is 1. The maximum Gasteiger partial charge on any atom is 0.129 e. The molecular weight excluding hydrogens is 260 g/mol. The predicted octanol–water partition coefficient (Wildman–Crippen LogP) is 2.45. The maximum atomic E-state index is 4.91. The molecular formula is C17H30N4. The van der Waals surface area contributed by atoms with Crippen LogP contribution in [0.4, 0.5) is 5.82 Å². The minimum absolute atomic E-state index is 0.191. The third kappa shape index (κ3) is 3.74. The average Bonchev–Trinajstić information content (AvgIpc) is 2.41. The van der Waals surface area contributed by atoms with Crippen LogP contribution in [0.3, 0.4) is 0 Å². The van der Waals surface area contributed by atoms with Gasteiger partial charge in [-0.25, -0.2) is 4.98 Å². The van der Waals surface area contributed by atoms with Crippen LogP contribution in [-0.4, -0.2) is 49.2 Å². The first kappa shape index (κ1) is 16.2. The van der Waals surface area contributed by atoms with E-state index in [1.54, 1.807) is 0 Å². The Morgan fingerprint density at radius 1 is 1.29 bits per heavy atom. The van der Waals surface area contributed by atoms with Crippen molar-refractivity contribution < 1.29 is 0 Å². The van der Waals surface area contributed by atoms with E-state index in [0.29, 0.717) is 5.92 Å². The highest BCUT2D eigenvalue weighted by atomic mass is 15.3. The molecule has 0 spiro atoms. The molecule has 0 radical (unpaired) electrons. The lowest BCUT2D eigenvalue weighted by Gasteiger charge is -2.46. The Hall–Kier alpha value is -1.13. The van der Waals surface area contributed by atoms with Gasteiger partial charge in [-0.05, 0) is 51.6 Å². The van der Waals surface area contributed by atoms with Crippen LogP contribution >= 0.6 is 0 Å². The summed E-state index contributed by atoms with van der Waals surface area (Å²) < 4.78 is 0. The Morgan fingerprint density at radius 3 is 2.57 bits per heavy atom. The standard InChI is InChI=1S/C17H30N4/c1-13(2)15-9-14(11-18-5)10-16(19-15)21-8-7-20(6)17(3,4)12-21/h9-10,13,18H,7-8,11-12H2,1-6H3. The van der Waals surface area contributed by atoms with E-state index in [1.807, 2.05) is 7.05 Å². The molecule has 2 rings (SSSR count). The van der Waals surface area contributed by atoms with E-state index in [-0.39, 0.29) is 5.54 Å². The molecule has 0 aromatic carbocycles. The molecule has 1 aliphatic rings. The number of anilines is 1. The lowest BCUT2D eigenvalue weighted by molar-refractivity contribution is 0.138. The topological polar surface area (TPSA) is 31.4 Å². The Kier molecular flexibility index (Phi) is 4.89. The molecule has 1 aromatic heterocycles. The molecule has 118 valence electrons. The van der Waals surface area contributed by atoms with Gasteiger partial charge in [0.1, 0.15) is 5.82 Å². The van der Waals surface area contributed by atoms with Gasteiger partial charge in [0.2, 0.25) is 0 Å². The smallest absolute Gasteiger partial charge is 0.129 e. The molecule has 21 heavy (non-hydrogen) atoms. The minimum atomic E-state index is 0.191. The summed E-state index contributed by atoms with van der Waals surface area (Å²) in [5.41, 5.74) is 2.70. The maximum absolute atomic E-state index is 4.91. The zero-order valence-electron chi connectivity index (χ0n) is 14.4. The van der Waals surface area contributed by atoms with Gasteiger partial charge in [0.25, 0.3) is 0 Å². The average molecular weight is 290 g/mol. The molecule has 1 N–H and O–H groups in total. The Morgan fingerprint density at radius 2 is 2.00 bits per heavy atom. The summed E-state index contributed by atoms with van der Waals surface area (Å²) in [7, 11) is 4.20. The molecule has 1 fully saturated rings. The molecule has 4 heteroatoms. The van der Waals surface area contributed by atoms with Gasteiger partial charge >= 0.3 is 0 Å². The van der Waals surface area contributed by atoms with Crippen molar-refractivity contribution in [2.24, 2.45) is 0 Å². The monoisotopic (exact) mass is 290 g/mol. The second kappa shape index (κ2) is 6.32. The SMILES string of the molecule is CNCc1cc(C(C)C)nc(N2CCN(C)C(C)(C)C2)c1. The summed E-state index contributed by atoms with van der Waals surface area (Å²) in [6.07, 6.45) is 0. The van der Waals surface area contributed by atoms with Gasteiger partial charge in [-0.1, -0.05) is 13.8 Å². The summed E-state index contributed by atoms with van der Waals surface area (Å²) in [5, 5.41) is 3.25. The Balaban J connectivity index is 2.30. The summed E-state index contributed by atoms with van der Waals surface area (Å²) in [6, 6.07) is 4.47. The fourth-order valence-electron chi connectivity index (χ4n) is 2.79. The molecule has 0 atom stereocenters. The molecule has 1 aliphatic heterocycles. The van der Waals surface area contributed by atoms with Crippen LogP contribution in [0.15, 0.2) is 12.1 Å². The van der Waals surface area contributed by atoms with Crippen molar-refractivity contribution >= 4 is 5.82 Å². The van der Waals surface area contributed by atoms with Crippen molar-refractivity contribution in [3.63, 3.8) is 0 Å². The van der Waals surface area contributed by atoms with E-state index in [1.165, 1.54) is 11.3 Å². The molecule has 0 bridgehead atoms. The van der Waals surface area contributed by atoms with E-state index in [4.69, 9.17) is 4.98 Å². The van der Waals surface area contributed by atoms with Crippen molar-refractivity contribution in [1.29, 1.82) is 0 Å². The highest BCUT2D eigenvalue weighted by Crippen LogP contribution is 2.26. The summed E-state index contributed by atoms with van der Waals surface area (Å²) in [5.74, 6) is 1.59. The van der Waals surface area contributed by atoms with Crippen LogP contribution in [0.25, 0.3) is 0 Å². The number of nitrogens with one attached hydrogen (secondary N) is 1. The number of piperazine rings is 1. The number of hydrogen-bond acceptors (Lipinski definition) is 4. The van der Waals surface area contributed by atoms with Gasteiger partial charge in [-0.15, -0.1) is 0 Å². The van der Waals surface area contributed by atoms with Gasteiger partial charge in [0.15, 0.2) is 0 Å². The third-order valence-corrected chi connectivity index (χ3v) is 4.50. The second-order valence-corrected chi connectivity index (χ2v) is 7.10. The number of pyridine rings is 1. The van der Waals surface area contributed by atoms with E-state index < -0.39 is 0 Å². The van der Waals surface area contributed by atoms with Gasteiger partial charge in [-0.2, -0.15) is 0 Å². The van der Waals surface area contributed by atoms with Gasteiger partial charge < -0.3 is 10.2 Å². The van der Waals surface area contributed by atoms with Crippen LogP contribution in [0.2, 0.25) is 0 Å². The molecule has 0 aliphatic carbocycles. The second-order valence-electron chi connectivity index (χ2n) is 7.10. The van der Waals surface area contributed by atoms with Crippen LogP contribution in [-0.2, 0) is 6.54 Å². The van der Waals surface area contributed by atoms with Crippen molar-refractivity contribution in [2.75, 3.05) is 38.6 Å². The highest BCUT2D eigenvalue weighted by molar-refractivity contribution is 5.44. The quantitative estimate of drug-likeness (QED) is 0.923. The minimum Gasteiger partial charge on any atom is -0.353 e. The Labute approximate surface area is 129 Å². The van der Waals surface area contributed by atoms with Crippen molar-refractivity contribution in [1.82, 2.24) is 15.2 Å². The normalized spacial score (nSPS) is 19.3. The van der Waals surface area contributed by atoms with E-state index in [2.05, 4.69) is 62.0 Å². The zero-order chi connectivity index (χ0) is 15.6. The summed E-state index contributed by atoms with van der Waals surface area (Å²) in [4.78, 5) is 9.78. The van der Waals surface area contributed by atoms with Crippen LogP contribution in [0.5, 0.6) is 0 Å². The van der Waals surface area contributed by atoms with Crippen molar-refractivity contribution in [3.05, 3.63) is 23.4 Å². The van der Waals surface area contributed by atoms with Gasteiger partial charge in [0, 0.05) is 37.4 Å². The fraction of sp³-hybridized carbons (Fsp3) is 0.706. The molecule has 0 saturated carbocycles. The van der Waals surface area contributed by atoms with Crippen LogP contribution in [0.1, 0.15) is 44.9 Å². The molecule has 4 nitrogen and oxygen atoms in total. The molecule has 1 saturated heterocycles. The number of aromatic nitrogens is 1. The van der Waals surface area contributed by atoms with Crippen LogP contribution < -0.4 is 10.2 Å². The van der Waals surface area contributed by atoms with Crippen molar-refractivity contribution in [2.45, 2.75) is 45.7 Å². The van der Waals surface area contributed by atoms with Gasteiger partial charge in [0.05, 0.1) is 0 Å². The molecule has 0 amide bonds. The first-order chi connectivity index (χ1) is 9.83. The number of rotatable bonds is 4. The highest BCUT2D eigenvalue weighted by Gasteiger charge is 2.31. The third-order valence-electron chi connectivity index (χ3n) is 4.50. The molecule has 1 aromatic rings. The predicted molar refractivity (Wildman–Crippen MR) is 90.0 cm³/mol. The number of nitrogens with zero attached hydrogens (tertiary/aromatic N) is 3. The van der Waals surface area contributed by atoms with Crippen LogP contribution in [0, 0.1) is 0 Å². The fourth-order valence-corrected chi connectivity index (χ4v) is 2.79. The summed E-state index contributed by atoms with van der Waals surface area (Å²) in [6.45, 7) is 13.1. The first-order valence-corrected chi connectivity index (χ1v) is 7.95. The summed E-state index contributed by atoms with van der Waals surface area (Å²) >= 11 is 0. The lowest BCUT2D eigenvalue weighted by Crippen LogP contribution is -2.57. The van der Waals surface area contributed by atoms with E-state index >= 15 is 0 Å². The lowest BCUT2D eigenvalue weighted by atomic mass is 9.99. The van der Waals surface area contributed by atoms with E-state index in [0.717, 1.165) is 32.0 Å². The molecule has 2 heterocycles. The first-order valence-electron chi connectivity index (χ1n) is 7.95. The van der Waals surface area contributed by atoms with E-state index in [9.17, 15) is 0 Å². The zero-order valence-corrected chi connectivity index (χ0v) is 14.4. The number of likely N-dealkylation sites (N-methyl/N-ethyl adjacent to an activating group) is 1. The Bertz CT molecular complexity index is 482. The molecule has 0 unspecified atom stereocenters.